The lowest BCUT2D eigenvalue weighted by atomic mass is 10.2. The van der Waals surface area contributed by atoms with E-state index in [1.807, 2.05) is 7.05 Å². The molecule has 2 N–H and O–H groups in total. The molecule has 0 aromatic heterocycles. The van der Waals surface area contributed by atoms with E-state index < -0.39 is 0 Å². The minimum absolute atomic E-state index is 0.172. The molecular formula is C15H31N3OS. The van der Waals surface area contributed by atoms with Crippen molar-refractivity contribution < 1.29 is 4.79 Å². The van der Waals surface area contributed by atoms with Crippen LogP contribution >= 0.6 is 12.2 Å². The van der Waals surface area contributed by atoms with Crippen molar-refractivity contribution in [1.82, 2.24) is 9.80 Å². The van der Waals surface area contributed by atoms with E-state index in [1.54, 1.807) is 4.90 Å². The Morgan fingerprint density at radius 3 is 2.35 bits per heavy atom. The first kappa shape index (κ1) is 19.3. The number of amides is 1. The zero-order valence-electron chi connectivity index (χ0n) is 13.5. The molecule has 0 aliphatic heterocycles. The van der Waals surface area contributed by atoms with Crippen molar-refractivity contribution >= 4 is 23.1 Å². The summed E-state index contributed by atoms with van der Waals surface area (Å²) in [5, 5.41) is 0. The molecule has 20 heavy (non-hydrogen) atoms. The first-order chi connectivity index (χ1) is 9.42. The summed E-state index contributed by atoms with van der Waals surface area (Å²) in [4.78, 5) is 16.7. The molecule has 1 amide bonds. The molecule has 0 fully saturated rings. The van der Waals surface area contributed by atoms with Crippen LogP contribution < -0.4 is 5.73 Å². The van der Waals surface area contributed by atoms with Crippen LogP contribution in [0.1, 0.15) is 52.9 Å². The van der Waals surface area contributed by atoms with Gasteiger partial charge >= 0.3 is 0 Å². The van der Waals surface area contributed by atoms with Gasteiger partial charge in [-0.05, 0) is 26.3 Å². The van der Waals surface area contributed by atoms with E-state index in [0.29, 0.717) is 30.4 Å². The Kier molecular flexibility index (Phi) is 10.7. The summed E-state index contributed by atoms with van der Waals surface area (Å²) in [7, 11) is 1.82. The number of hydrogen-bond acceptors (Lipinski definition) is 3. The maximum Gasteiger partial charge on any atom is 0.223 e. The smallest absolute Gasteiger partial charge is 0.223 e. The molecule has 0 aliphatic rings. The van der Waals surface area contributed by atoms with Gasteiger partial charge in [-0.15, -0.1) is 0 Å². The van der Waals surface area contributed by atoms with Crippen LogP contribution in [-0.4, -0.2) is 53.4 Å². The largest absolute Gasteiger partial charge is 0.393 e. The summed E-state index contributed by atoms with van der Waals surface area (Å²) in [5.74, 6) is 0.172. The minimum atomic E-state index is 0.172. The summed E-state index contributed by atoms with van der Waals surface area (Å²) >= 11 is 4.84. The molecule has 0 saturated heterocycles. The van der Waals surface area contributed by atoms with Gasteiger partial charge in [-0.2, -0.15) is 0 Å². The minimum Gasteiger partial charge on any atom is -0.393 e. The number of hydrogen-bond donors (Lipinski definition) is 1. The Morgan fingerprint density at radius 2 is 1.85 bits per heavy atom. The quantitative estimate of drug-likeness (QED) is 0.595. The van der Waals surface area contributed by atoms with Crippen molar-refractivity contribution in [3.05, 3.63) is 0 Å². The van der Waals surface area contributed by atoms with Crippen LogP contribution in [-0.2, 0) is 4.79 Å². The average Bonchev–Trinajstić information content (AvgIpc) is 2.43. The molecule has 5 heteroatoms. The Morgan fingerprint density at radius 1 is 1.20 bits per heavy atom. The Labute approximate surface area is 129 Å². The van der Waals surface area contributed by atoms with Gasteiger partial charge in [0.1, 0.15) is 0 Å². The van der Waals surface area contributed by atoms with Gasteiger partial charge in [0.05, 0.1) is 4.99 Å². The first-order valence-corrected chi connectivity index (χ1v) is 8.09. The van der Waals surface area contributed by atoms with Crippen molar-refractivity contribution in [3.8, 4) is 0 Å². The van der Waals surface area contributed by atoms with Gasteiger partial charge in [0, 0.05) is 39.0 Å². The van der Waals surface area contributed by atoms with Gasteiger partial charge in [0.15, 0.2) is 0 Å². The Hall–Kier alpha value is -0.680. The highest BCUT2D eigenvalue weighted by atomic mass is 32.1. The molecule has 0 aromatic rings. The third-order valence-electron chi connectivity index (χ3n) is 3.75. The second-order valence-corrected chi connectivity index (χ2v) is 5.95. The maximum atomic E-state index is 12.1. The second kappa shape index (κ2) is 11.0. The third kappa shape index (κ3) is 8.48. The van der Waals surface area contributed by atoms with E-state index in [1.165, 1.54) is 12.8 Å². The number of nitrogens with zero attached hydrogens (tertiary/aromatic N) is 2. The van der Waals surface area contributed by atoms with Crippen molar-refractivity contribution in [2.75, 3.05) is 26.7 Å². The standard InChI is InChI=1S/C15H31N3OS/c1-5-7-10-18(13(3)6-2)12-9-15(19)17(4)11-8-14(16)20/h13H,5-12H2,1-4H3,(H2,16,20). The number of carbonyl (C=O) groups is 1. The van der Waals surface area contributed by atoms with Crippen LogP contribution in [0.3, 0.4) is 0 Å². The summed E-state index contributed by atoms with van der Waals surface area (Å²) < 4.78 is 0. The molecule has 0 saturated carbocycles. The zero-order chi connectivity index (χ0) is 15.5. The molecule has 0 aliphatic carbocycles. The fourth-order valence-corrected chi connectivity index (χ4v) is 2.10. The van der Waals surface area contributed by atoms with Crippen LogP contribution in [0.15, 0.2) is 0 Å². The normalized spacial score (nSPS) is 12.4. The third-order valence-corrected chi connectivity index (χ3v) is 3.95. The lowest BCUT2D eigenvalue weighted by Gasteiger charge is -2.29. The lowest BCUT2D eigenvalue weighted by Crippen LogP contribution is -2.38. The predicted molar refractivity (Wildman–Crippen MR) is 89.9 cm³/mol. The highest BCUT2D eigenvalue weighted by molar-refractivity contribution is 7.80. The average molecular weight is 302 g/mol. The molecule has 0 bridgehead atoms. The first-order valence-electron chi connectivity index (χ1n) is 7.68. The summed E-state index contributed by atoms with van der Waals surface area (Å²) in [5.41, 5.74) is 5.46. The van der Waals surface area contributed by atoms with E-state index >= 15 is 0 Å². The second-order valence-electron chi connectivity index (χ2n) is 5.43. The van der Waals surface area contributed by atoms with Crippen molar-refractivity contribution in [1.29, 1.82) is 0 Å². The molecule has 0 spiro atoms. The van der Waals surface area contributed by atoms with E-state index in [2.05, 4.69) is 25.7 Å². The topological polar surface area (TPSA) is 49.6 Å². The summed E-state index contributed by atoms with van der Waals surface area (Å²) in [6.07, 6.45) is 4.67. The monoisotopic (exact) mass is 301 g/mol. The van der Waals surface area contributed by atoms with Crippen molar-refractivity contribution in [2.45, 2.75) is 58.9 Å². The molecule has 0 aromatic carbocycles. The number of rotatable bonds is 11. The Balaban J connectivity index is 4.17. The van der Waals surface area contributed by atoms with Crippen LogP contribution in [0.25, 0.3) is 0 Å². The van der Waals surface area contributed by atoms with E-state index in [4.69, 9.17) is 18.0 Å². The summed E-state index contributed by atoms with van der Waals surface area (Å²) in [6.45, 7) is 9.16. The molecule has 1 unspecified atom stereocenters. The molecule has 4 nitrogen and oxygen atoms in total. The van der Waals surface area contributed by atoms with Crippen molar-refractivity contribution in [3.63, 3.8) is 0 Å². The molecule has 0 heterocycles. The van der Waals surface area contributed by atoms with Gasteiger partial charge in [0.2, 0.25) is 5.91 Å². The molecule has 0 rings (SSSR count). The maximum absolute atomic E-state index is 12.1. The number of unbranched alkanes of at least 4 members (excludes halogenated alkanes) is 1. The van der Waals surface area contributed by atoms with Gasteiger partial charge in [-0.1, -0.05) is 32.5 Å². The number of nitrogens with two attached hydrogens (primary N) is 1. The van der Waals surface area contributed by atoms with Crippen LogP contribution in [0, 0.1) is 0 Å². The zero-order valence-corrected chi connectivity index (χ0v) is 14.3. The number of thiocarbonyl (C=S) groups is 1. The van der Waals surface area contributed by atoms with E-state index in [9.17, 15) is 4.79 Å². The summed E-state index contributed by atoms with van der Waals surface area (Å²) in [6, 6.07) is 0.538. The SMILES string of the molecule is CCCCN(CCC(=O)N(C)CCC(N)=S)C(C)CC. The fraction of sp³-hybridized carbons (Fsp3) is 0.867. The van der Waals surface area contributed by atoms with Gasteiger partial charge in [0.25, 0.3) is 0 Å². The Bertz CT molecular complexity index is 297. The molecular weight excluding hydrogens is 270 g/mol. The molecule has 118 valence electrons. The van der Waals surface area contributed by atoms with Gasteiger partial charge < -0.3 is 15.5 Å². The van der Waals surface area contributed by atoms with Crippen LogP contribution in [0.4, 0.5) is 0 Å². The number of carbonyl (C=O) groups excluding carboxylic acids is 1. The highest BCUT2D eigenvalue weighted by Crippen LogP contribution is 2.07. The predicted octanol–water partition coefficient (Wildman–Crippen LogP) is 2.41. The fourth-order valence-electron chi connectivity index (χ4n) is 2.00. The van der Waals surface area contributed by atoms with E-state index in [0.717, 1.165) is 19.5 Å². The van der Waals surface area contributed by atoms with Gasteiger partial charge in [-0.3, -0.25) is 4.79 Å². The van der Waals surface area contributed by atoms with E-state index in [-0.39, 0.29) is 5.91 Å². The molecule has 0 radical (unpaired) electrons. The van der Waals surface area contributed by atoms with Crippen LogP contribution in [0.2, 0.25) is 0 Å². The lowest BCUT2D eigenvalue weighted by molar-refractivity contribution is -0.130. The van der Waals surface area contributed by atoms with Crippen LogP contribution in [0.5, 0.6) is 0 Å². The highest BCUT2D eigenvalue weighted by Gasteiger charge is 2.15. The van der Waals surface area contributed by atoms with Gasteiger partial charge in [-0.25, -0.2) is 0 Å². The molecule has 1 atom stereocenters. The van der Waals surface area contributed by atoms with Crippen molar-refractivity contribution in [2.24, 2.45) is 5.73 Å².